The van der Waals surface area contributed by atoms with Gasteiger partial charge in [-0.1, -0.05) is 33.6 Å². The first kappa shape index (κ1) is 30.7. The van der Waals surface area contributed by atoms with Gasteiger partial charge in [-0.2, -0.15) is 0 Å². The zero-order valence-corrected chi connectivity index (χ0v) is 26.2. The van der Waals surface area contributed by atoms with Crippen molar-refractivity contribution in [3.05, 3.63) is 23.9 Å². The van der Waals surface area contributed by atoms with Crippen molar-refractivity contribution in [3.8, 4) is 11.6 Å². The van der Waals surface area contributed by atoms with Gasteiger partial charge in [0.15, 0.2) is 11.8 Å². The minimum absolute atomic E-state index is 0.0468. The molecule has 3 fully saturated rings. The molecule has 4 aliphatic rings. The number of alkyl halides is 1. The van der Waals surface area contributed by atoms with Gasteiger partial charge in [0.2, 0.25) is 11.8 Å². The molecule has 3 heterocycles. The molecule has 2 aliphatic carbocycles. The fourth-order valence-corrected chi connectivity index (χ4v) is 7.87. The van der Waals surface area contributed by atoms with Gasteiger partial charge in [0.05, 0.1) is 37.0 Å². The van der Waals surface area contributed by atoms with Crippen molar-refractivity contribution in [1.82, 2.24) is 14.9 Å². The number of aldehydes is 1. The number of aryl methyl sites for hydroxylation is 1. The predicted octanol–water partition coefficient (Wildman–Crippen LogP) is 5.26. The highest BCUT2D eigenvalue weighted by Crippen LogP contribution is 2.58. The molecule has 1 aromatic carbocycles. The molecule has 1 amide bonds. The van der Waals surface area contributed by atoms with Gasteiger partial charge in [0.1, 0.15) is 29.9 Å². The zero-order valence-electron chi connectivity index (χ0n) is 26.2. The highest BCUT2D eigenvalue weighted by molar-refractivity contribution is 5.87. The maximum absolute atomic E-state index is 16.9. The molecule has 0 spiro atoms. The Morgan fingerprint density at radius 3 is 2.66 bits per heavy atom. The molecule has 0 N–H and O–H groups in total. The summed E-state index contributed by atoms with van der Waals surface area (Å²) in [7, 11) is 1.57. The van der Waals surface area contributed by atoms with Gasteiger partial charge in [0.25, 0.3) is 0 Å². The third-order valence-corrected chi connectivity index (χ3v) is 10.6. The van der Waals surface area contributed by atoms with Crippen molar-refractivity contribution in [2.75, 3.05) is 13.7 Å². The number of fused-ring (bicyclic) bond motifs is 7. The van der Waals surface area contributed by atoms with E-state index < -0.39 is 35.6 Å². The summed E-state index contributed by atoms with van der Waals surface area (Å²) in [6.45, 7) is 5.23. The van der Waals surface area contributed by atoms with Gasteiger partial charge in [-0.25, -0.2) is 14.4 Å². The molecule has 238 valence electrons. The summed E-state index contributed by atoms with van der Waals surface area (Å²) in [5.41, 5.74) is -0.289. The van der Waals surface area contributed by atoms with Gasteiger partial charge < -0.3 is 23.9 Å². The lowest BCUT2D eigenvalue weighted by Crippen LogP contribution is -2.50. The highest BCUT2D eigenvalue weighted by atomic mass is 19.1. The van der Waals surface area contributed by atoms with Gasteiger partial charge in [-0.05, 0) is 74.3 Å². The third-order valence-electron chi connectivity index (χ3n) is 10.6. The van der Waals surface area contributed by atoms with E-state index in [4.69, 9.17) is 24.2 Å². The van der Waals surface area contributed by atoms with Crippen LogP contribution in [0.25, 0.3) is 11.0 Å². The van der Waals surface area contributed by atoms with Crippen molar-refractivity contribution in [3.63, 3.8) is 0 Å². The summed E-state index contributed by atoms with van der Waals surface area (Å²) >= 11 is 0. The lowest BCUT2D eigenvalue weighted by molar-refractivity contribution is -0.157. The van der Waals surface area contributed by atoms with Gasteiger partial charge in [-0.15, -0.1) is 0 Å². The van der Waals surface area contributed by atoms with Crippen LogP contribution >= 0.6 is 0 Å². The quantitative estimate of drug-likeness (QED) is 0.341. The molecule has 0 radical (unpaired) electrons. The van der Waals surface area contributed by atoms with Gasteiger partial charge in [0, 0.05) is 6.07 Å². The Kier molecular flexibility index (Phi) is 8.54. The largest absolute Gasteiger partial charge is 0.497 e. The van der Waals surface area contributed by atoms with Crippen LogP contribution in [0.1, 0.15) is 77.8 Å². The molecule has 2 bridgehead atoms. The molecule has 2 unspecified atom stereocenters. The van der Waals surface area contributed by atoms with Crippen LogP contribution < -0.4 is 9.47 Å². The minimum atomic E-state index is -2.15. The number of hydrogen-bond donors (Lipinski definition) is 0. The average Bonchev–Trinajstić information content (AvgIpc) is 3.60. The van der Waals surface area contributed by atoms with Gasteiger partial charge >= 0.3 is 5.97 Å². The Morgan fingerprint density at radius 1 is 1.11 bits per heavy atom. The minimum Gasteiger partial charge on any atom is -0.497 e. The van der Waals surface area contributed by atoms with Crippen LogP contribution in [0.2, 0.25) is 0 Å². The number of rotatable bonds is 4. The smallest absolute Gasteiger partial charge is 0.306 e. The first-order chi connectivity index (χ1) is 21.2. The fourth-order valence-electron chi connectivity index (χ4n) is 7.87. The Balaban J connectivity index is 1.37. The molecule has 44 heavy (non-hydrogen) atoms. The Hall–Kier alpha value is -3.30. The number of hydrogen-bond acceptors (Lipinski definition) is 8. The first-order valence-corrected chi connectivity index (χ1v) is 16.3. The molecular formula is C34H44FN3O6. The molecule has 1 saturated heterocycles. The van der Waals surface area contributed by atoms with Crippen molar-refractivity contribution in [2.24, 2.45) is 29.6 Å². The van der Waals surface area contributed by atoms with E-state index >= 15 is 4.39 Å². The SMILES string of the molecule is CC[C@]1(F)[C@@H]2CN(C(=O)[C@H](C(C)C)CC(=O)O[C@@H]3CC4CC4[C@H]3CCCCCc3nc4ccc(OC)cc4nc3O2)[C@@H]1C=O. The standard InChI is InChI=1S/C34H44FN3O6/c1-5-34(35)29(18-39)38-17-30(34)44-32-26(36-25-12-11-21(42-4)15-27(25)37-32)10-8-6-7-9-22-24-13-20(24)14-28(22)43-31(40)16-23(19(2)3)33(38)41/h11-12,15,18-20,22-24,28-30H,5-10,13-14,16-17H2,1-4H3/t20?,22-,23+,24?,28-,29-,30+,34-/m1/s1. The second-order valence-corrected chi connectivity index (χ2v) is 13.5. The molecule has 2 saturated carbocycles. The van der Waals surface area contributed by atoms with E-state index in [1.807, 2.05) is 26.0 Å². The summed E-state index contributed by atoms with van der Waals surface area (Å²) in [5, 5.41) is 0. The number of halogens is 1. The van der Waals surface area contributed by atoms with Crippen molar-refractivity contribution < 1.29 is 33.0 Å². The molecule has 10 heteroatoms. The number of amides is 1. The van der Waals surface area contributed by atoms with Crippen LogP contribution in [0.5, 0.6) is 11.6 Å². The summed E-state index contributed by atoms with van der Waals surface area (Å²) in [6, 6.07) is 4.07. The molecule has 2 aromatic rings. The van der Waals surface area contributed by atoms with E-state index in [2.05, 4.69) is 0 Å². The summed E-state index contributed by atoms with van der Waals surface area (Å²) in [4.78, 5) is 50.6. The van der Waals surface area contributed by atoms with Crippen LogP contribution in [0.15, 0.2) is 18.2 Å². The van der Waals surface area contributed by atoms with Crippen LogP contribution in [0.4, 0.5) is 4.39 Å². The number of methoxy groups -OCH3 is 1. The Labute approximate surface area is 258 Å². The maximum atomic E-state index is 16.9. The fraction of sp³-hybridized carbons (Fsp3) is 0.676. The molecule has 6 rings (SSSR count). The Bertz CT molecular complexity index is 1420. The first-order valence-electron chi connectivity index (χ1n) is 16.3. The van der Waals surface area contributed by atoms with Crippen LogP contribution in [0, 0.1) is 29.6 Å². The van der Waals surface area contributed by atoms with E-state index in [0.717, 1.165) is 32.1 Å². The topological polar surface area (TPSA) is 108 Å². The lowest BCUT2D eigenvalue weighted by atomic mass is 9.89. The molecule has 2 aliphatic heterocycles. The number of benzene rings is 1. The summed E-state index contributed by atoms with van der Waals surface area (Å²) in [5.74, 6) is 0.627. The predicted molar refractivity (Wildman–Crippen MR) is 161 cm³/mol. The molecular weight excluding hydrogens is 565 g/mol. The maximum Gasteiger partial charge on any atom is 0.306 e. The number of esters is 1. The normalized spacial score (nSPS) is 34.3. The van der Waals surface area contributed by atoms with Crippen molar-refractivity contribution in [1.29, 1.82) is 0 Å². The monoisotopic (exact) mass is 609 g/mol. The van der Waals surface area contributed by atoms with Crippen LogP contribution in [0.3, 0.4) is 0 Å². The van der Waals surface area contributed by atoms with Crippen molar-refractivity contribution in [2.45, 2.75) is 102 Å². The van der Waals surface area contributed by atoms with Gasteiger partial charge in [-0.3, -0.25) is 9.59 Å². The number of carbonyl (C=O) groups excluding carboxylic acids is 3. The highest BCUT2D eigenvalue weighted by Gasteiger charge is 2.59. The second kappa shape index (κ2) is 12.2. The average molecular weight is 610 g/mol. The van der Waals surface area contributed by atoms with Crippen molar-refractivity contribution >= 4 is 29.2 Å². The second-order valence-electron chi connectivity index (χ2n) is 13.5. The number of ether oxygens (including phenoxy) is 3. The number of nitrogens with zero attached hydrogens (tertiary/aromatic N) is 3. The van der Waals surface area contributed by atoms with E-state index in [0.29, 0.717) is 52.9 Å². The van der Waals surface area contributed by atoms with E-state index in [9.17, 15) is 14.4 Å². The van der Waals surface area contributed by atoms with Crippen LogP contribution in [-0.2, 0) is 25.5 Å². The third kappa shape index (κ3) is 5.65. The van der Waals surface area contributed by atoms with E-state index in [1.54, 1.807) is 20.1 Å². The molecule has 8 atom stereocenters. The van der Waals surface area contributed by atoms with E-state index in [1.165, 1.54) is 11.3 Å². The van der Waals surface area contributed by atoms with Crippen LogP contribution in [-0.4, -0.2) is 70.6 Å². The summed E-state index contributed by atoms with van der Waals surface area (Å²) < 4.78 is 34.7. The molecule has 1 aromatic heterocycles. The number of carbonyl (C=O) groups is 3. The van der Waals surface area contributed by atoms with E-state index in [-0.39, 0.29) is 37.3 Å². The zero-order chi connectivity index (χ0) is 31.2. The summed E-state index contributed by atoms with van der Waals surface area (Å²) in [6.07, 6.45) is 5.58. The Morgan fingerprint density at radius 2 is 1.93 bits per heavy atom. The lowest BCUT2D eigenvalue weighted by Gasteiger charge is -2.31. The molecule has 9 nitrogen and oxygen atoms in total. The number of aromatic nitrogens is 2.